The minimum absolute atomic E-state index is 0.0340. The van der Waals surface area contributed by atoms with Gasteiger partial charge in [0, 0.05) is 13.0 Å². The molecule has 0 radical (unpaired) electrons. The average molecular weight is 422 g/mol. The van der Waals surface area contributed by atoms with Gasteiger partial charge in [-0.3, -0.25) is 10.2 Å². The summed E-state index contributed by atoms with van der Waals surface area (Å²) in [6.07, 6.45) is 2.69. The van der Waals surface area contributed by atoms with E-state index in [-0.39, 0.29) is 18.5 Å². The lowest BCUT2D eigenvalue weighted by atomic mass is 10.0. The Morgan fingerprint density at radius 2 is 1.73 bits per heavy atom. The summed E-state index contributed by atoms with van der Waals surface area (Å²) >= 11 is 0. The van der Waals surface area contributed by atoms with Gasteiger partial charge in [0.2, 0.25) is 5.91 Å². The SMILES string of the molecule is CCCCCCCCOc1ccc2cc(C(N3CCC(=O)N3)C(F)(F)F)ccc2c1. The molecule has 2 aromatic rings. The van der Waals surface area contributed by atoms with Crippen LogP contribution in [0, 0.1) is 0 Å². The van der Waals surface area contributed by atoms with Crippen molar-refractivity contribution in [2.75, 3.05) is 13.2 Å². The fourth-order valence-electron chi connectivity index (χ4n) is 3.81. The second kappa shape index (κ2) is 10.2. The van der Waals surface area contributed by atoms with Crippen molar-refractivity contribution in [3.63, 3.8) is 0 Å². The summed E-state index contributed by atoms with van der Waals surface area (Å²) in [5.74, 6) is 0.333. The van der Waals surface area contributed by atoms with E-state index in [1.165, 1.54) is 37.8 Å². The molecule has 1 heterocycles. The topological polar surface area (TPSA) is 41.6 Å². The largest absolute Gasteiger partial charge is 0.494 e. The van der Waals surface area contributed by atoms with Gasteiger partial charge in [-0.25, -0.2) is 5.01 Å². The third-order valence-electron chi connectivity index (χ3n) is 5.39. The van der Waals surface area contributed by atoms with E-state index in [0.717, 1.165) is 29.0 Å². The van der Waals surface area contributed by atoms with Gasteiger partial charge in [-0.15, -0.1) is 0 Å². The van der Waals surface area contributed by atoms with E-state index in [2.05, 4.69) is 12.3 Å². The van der Waals surface area contributed by atoms with Crippen LogP contribution >= 0.6 is 0 Å². The molecule has 0 saturated carbocycles. The van der Waals surface area contributed by atoms with E-state index in [4.69, 9.17) is 4.74 Å². The van der Waals surface area contributed by atoms with Gasteiger partial charge in [0.05, 0.1) is 6.61 Å². The van der Waals surface area contributed by atoms with E-state index in [1.807, 2.05) is 6.07 Å². The van der Waals surface area contributed by atoms with E-state index < -0.39 is 18.1 Å². The Balaban J connectivity index is 1.66. The molecule has 1 N–H and O–H groups in total. The maximum absolute atomic E-state index is 13.7. The van der Waals surface area contributed by atoms with Gasteiger partial charge in [-0.2, -0.15) is 13.2 Å². The van der Waals surface area contributed by atoms with Crippen LogP contribution in [-0.4, -0.2) is 30.2 Å². The van der Waals surface area contributed by atoms with Crippen molar-refractivity contribution in [3.8, 4) is 5.75 Å². The van der Waals surface area contributed by atoms with Crippen molar-refractivity contribution in [3.05, 3.63) is 42.0 Å². The summed E-state index contributed by atoms with van der Waals surface area (Å²) in [7, 11) is 0. The molecule has 0 aliphatic carbocycles. The fraction of sp³-hybridized carbons (Fsp3) is 0.522. The summed E-state index contributed by atoms with van der Waals surface area (Å²) in [6, 6.07) is 8.26. The lowest BCUT2D eigenvalue weighted by Crippen LogP contribution is -2.43. The number of hydrogen-bond acceptors (Lipinski definition) is 3. The minimum atomic E-state index is -4.49. The number of amides is 1. The lowest BCUT2D eigenvalue weighted by Gasteiger charge is -2.29. The number of rotatable bonds is 10. The second-order valence-corrected chi connectivity index (χ2v) is 7.81. The summed E-state index contributed by atoms with van der Waals surface area (Å²) in [5, 5.41) is 2.51. The molecule has 3 rings (SSSR count). The maximum Gasteiger partial charge on any atom is 0.409 e. The Hall–Kier alpha value is -2.28. The normalized spacial score (nSPS) is 16.1. The molecular weight excluding hydrogens is 393 g/mol. The molecule has 0 spiro atoms. The minimum Gasteiger partial charge on any atom is -0.494 e. The number of carbonyl (C=O) groups excluding carboxylic acids is 1. The fourth-order valence-corrected chi connectivity index (χ4v) is 3.81. The number of nitrogens with zero attached hydrogens (tertiary/aromatic N) is 1. The van der Waals surface area contributed by atoms with E-state index in [1.54, 1.807) is 18.2 Å². The van der Waals surface area contributed by atoms with Gasteiger partial charge < -0.3 is 4.74 Å². The quantitative estimate of drug-likeness (QED) is 0.483. The zero-order chi connectivity index (χ0) is 21.6. The van der Waals surface area contributed by atoms with Crippen molar-refractivity contribution in [2.24, 2.45) is 0 Å². The van der Waals surface area contributed by atoms with Crippen molar-refractivity contribution in [2.45, 2.75) is 64.1 Å². The van der Waals surface area contributed by atoms with Gasteiger partial charge in [0.25, 0.3) is 0 Å². The van der Waals surface area contributed by atoms with Crippen LogP contribution in [-0.2, 0) is 4.79 Å². The van der Waals surface area contributed by atoms with Gasteiger partial charge in [-0.1, -0.05) is 57.2 Å². The number of benzene rings is 2. The molecule has 1 amide bonds. The first-order chi connectivity index (χ1) is 14.4. The molecule has 164 valence electrons. The molecule has 2 aromatic carbocycles. The second-order valence-electron chi connectivity index (χ2n) is 7.81. The number of carbonyl (C=O) groups is 1. The summed E-state index contributed by atoms with van der Waals surface area (Å²) in [5.41, 5.74) is 2.42. The van der Waals surface area contributed by atoms with Gasteiger partial charge in [0.1, 0.15) is 11.8 Å². The van der Waals surface area contributed by atoms with Gasteiger partial charge in [0.15, 0.2) is 0 Å². The first kappa shape index (κ1) is 22.4. The van der Waals surface area contributed by atoms with Crippen LogP contribution < -0.4 is 10.2 Å². The Morgan fingerprint density at radius 3 is 2.43 bits per heavy atom. The molecule has 4 nitrogen and oxygen atoms in total. The summed E-state index contributed by atoms with van der Waals surface area (Å²) < 4.78 is 46.9. The molecule has 1 fully saturated rings. The average Bonchev–Trinajstić information content (AvgIpc) is 3.11. The summed E-state index contributed by atoms with van der Waals surface area (Å²) in [6.45, 7) is 2.87. The third-order valence-corrected chi connectivity index (χ3v) is 5.39. The monoisotopic (exact) mass is 422 g/mol. The molecular formula is C23H29F3N2O2. The number of alkyl halides is 3. The van der Waals surface area contributed by atoms with Crippen molar-refractivity contribution in [1.29, 1.82) is 0 Å². The van der Waals surface area contributed by atoms with Crippen LogP contribution in [0.15, 0.2) is 36.4 Å². The highest BCUT2D eigenvalue weighted by Gasteiger charge is 2.46. The number of hydrazine groups is 1. The van der Waals surface area contributed by atoms with Crippen LogP contribution in [0.1, 0.15) is 63.5 Å². The highest BCUT2D eigenvalue weighted by Crippen LogP contribution is 2.39. The van der Waals surface area contributed by atoms with Gasteiger partial charge >= 0.3 is 6.18 Å². The first-order valence-electron chi connectivity index (χ1n) is 10.7. The Labute approximate surface area is 175 Å². The standard InChI is InChI=1S/C23H29F3N2O2/c1-2-3-4-5-6-7-14-30-20-11-10-17-15-19(9-8-18(17)16-20)22(23(24,25)26)28-13-12-21(29)27-28/h8-11,15-16,22H,2-7,12-14H2,1H3,(H,27,29). The first-order valence-corrected chi connectivity index (χ1v) is 10.7. The number of unbranched alkanes of at least 4 members (excludes halogenated alkanes) is 5. The molecule has 0 aromatic heterocycles. The maximum atomic E-state index is 13.7. The number of halogens is 3. The van der Waals surface area contributed by atoms with E-state index >= 15 is 0 Å². The number of nitrogens with one attached hydrogen (secondary N) is 1. The van der Waals surface area contributed by atoms with E-state index in [9.17, 15) is 18.0 Å². The molecule has 1 unspecified atom stereocenters. The van der Waals surface area contributed by atoms with Crippen LogP contribution in [0.25, 0.3) is 10.8 Å². The predicted octanol–water partition coefficient (Wildman–Crippen LogP) is 5.92. The van der Waals surface area contributed by atoms with Crippen molar-refractivity contribution >= 4 is 16.7 Å². The molecule has 1 aliphatic heterocycles. The zero-order valence-corrected chi connectivity index (χ0v) is 17.3. The summed E-state index contributed by atoms with van der Waals surface area (Å²) in [4.78, 5) is 11.4. The highest BCUT2D eigenvalue weighted by molar-refractivity contribution is 5.84. The Bertz CT molecular complexity index is 854. The number of hydrogen-bond donors (Lipinski definition) is 1. The van der Waals surface area contributed by atoms with Crippen LogP contribution in [0.5, 0.6) is 5.75 Å². The molecule has 30 heavy (non-hydrogen) atoms. The smallest absolute Gasteiger partial charge is 0.409 e. The van der Waals surface area contributed by atoms with Crippen LogP contribution in [0.4, 0.5) is 13.2 Å². The van der Waals surface area contributed by atoms with Gasteiger partial charge in [-0.05, 0) is 41.0 Å². The van der Waals surface area contributed by atoms with Crippen LogP contribution in [0.2, 0.25) is 0 Å². The predicted molar refractivity (Wildman–Crippen MR) is 111 cm³/mol. The number of fused-ring (bicyclic) bond motifs is 1. The Morgan fingerprint density at radius 1 is 1.03 bits per heavy atom. The molecule has 0 bridgehead atoms. The molecule has 7 heteroatoms. The zero-order valence-electron chi connectivity index (χ0n) is 17.3. The van der Waals surface area contributed by atoms with Crippen molar-refractivity contribution < 1.29 is 22.7 Å². The van der Waals surface area contributed by atoms with E-state index in [0.29, 0.717) is 12.0 Å². The lowest BCUT2D eigenvalue weighted by molar-refractivity contribution is -0.191. The Kier molecular flexibility index (Phi) is 7.58. The molecule has 1 saturated heterocycles. The number of ether oxygens (including phenoxy) is 1. The highest BCUT2D eigenvalue weighted by atomic mass is 19.4. The molecule has 1 aliphatic rings. The third kappa shape index (κ3) is 5.88. The molecule has 1 atom stereocenters. The van der Waals surface area contributed by atoms with Crippen molar-refractivity contribution in [1.82, 2.24) is 10.4 Å². The van der Waals surface area contributed by atoms with Crippen LogP contribution in [0.3, 0.4) is 0 Å².